The highest BCUT2D eigenvalue weighted by Gasteiger charge is 2.24. The van der Waals surface area contributed by atoms with Crippen LogP contribution < -0.4 is 14.8 Å². The molecule has 1 aromatic carbocycles. The van der Waals surface area contributed by atoms with Gasteiger partial charge in [0.15, 0.2) is 11.5 Å². The number of amides is 1. The number of hydrogen-bond acceptors (Lipinski definition) is 3. The largest absolute Gasteiger partial charge is 0.454 e. The predicted octanol–water partition coefficient (Wildman–Crippen LogP) is 2.71. The maximum Gasteiger partial charge on any atom is 0.251 e. The van der Waals surface area contributed by atoms with Crippen molar-refractivity contribution in [3.8, 4) is 11.5 Å². The van der Waals surface area contributed by atoms with Gasteiger partial charge in [-0.25, -0.2) is 0 Å². The van der Waals surface area contributed by atoms with Gasteiger partial charge in [-0.05, 0) is 31.5 Å². The molecule has 1 aromatic rings. The van der Waals surface area contributed by atoms with Crippen molar-refractivity contribution >= 4 is 21.8 Å². The summed E-state index contributed by atoms with van der Waals surface area (Å²) in [5, 5.41) is 3.73. The molecule has 1 heterocycles. The predicted molar refractivity (Wildman–Crippen MR) is 72.5 cm³/mol. The topological polar surface area (TPSA) is 47.6 Å². The second kappa shape index (κ2) is 5.18. The lowest BCUT2D eigenvalue weighted by Crippen LogP contribution is -2.46. The molecule has 1 atom stereocenters. The fraction of sp³-hybridized carbons (Fsp3) is 0.462. The van der Waals surface area contributed by atoms with Crippen LogP contribution >= 0.6 is 15.9 Å². The van der Waals surface area contributed by atoms with Gasteiger partial charge in [-0.15, -0.1) is 0 Å². The van der Waals surface area contributed by atoms with E-state index in [0.29, 0.717) is 22.4 Å². The lowest BCUT2D eigenvalue weighted by Gasteiger charge is -2.27. The maximum atomic E-state index is 12.1. The first-order valence-electron chi connectivity index (χ1n) is 5.86. The minimum absolute atomic E-state index is 0.0999. The molecule has 0 spiro atoms. The van der Waals surface area contributed by atoms with Gasteiger partial charge in [0, 0.05) is 16.4 Å². The Morgan fingerprint density at radius 2 is 2.17 bits per heavy atom. The highest BCUT2D eigenvalue weighted by atomic mass is 79.9. The first-order valence-corrected chi connectivity index (χ1v) is 6.98. The standard InChI is InChI=1S/C13H16BrNO3/c1-3-13(2,7-14)15-12(16)9-4-5-10-11(6-9)18-8-17-10/h4-6H,3,7-8H2,1-2H3,(H,15,16). The fourth-order valence-corrected chi connectivity index (χ4v) is 2.14. The van der Waals surface area contributed by atoms with Crippen molar-refractivity contribution in [2.45, 2.75) is 25.8 Å². The molecule has 98 valence electrons. The number of nitrogens with one attached hydrogen (secondary N) is 1. The molecule has 1 aliphatic rings. The SMILES string of the molecule is CCC(C)(CBr)NC(=O)c1ccc2c(c1)OCO2. The Bertz CT molecular complexity index is 458. The smallest absolute Gasteiger partial charge is 0.251 e. The third kappa shape index (κ3) is 2.61. The monoisotopic (exact) mass is 313 g/mol. The second-order valence-electron chi connectivity index (χ2n) is 4.57. The average Bonchev–Trinajstić information content (AvgIpc) is 2.85. The Hall–Kier alpha value is -1.23. The van der Waals surface area contributed by atoms with Gasteiger partial charge in [-0.2, -0.15) is 0 Å². The van der Waals surface area contributed by atoms with Crippen LogP contribution in [0.15, 0.2) is 18.2 Å². The first kappa shape index (κ1) is 13.2. The molecule has 0 aliphatic carbocycles. The van der Waals surface area contributed by atoms with E-state index in [1.54, 1.807) is 18.2 Å². The maximum absolute atomic E-state index is 12.1. The summed E-state index contributed by atoms with van der Waals surface area (Å²) < 4.78 is 10.5. The van der Waals surface area contributed by atoms with Gasteiger partial charge in [0.2, 0.25) is 6.79 Å². The highest BCUT2D eigenvalue weighted by molar-refractivity contribution is 9.09. The first-order chi connectivity index (χ1) is 8.58. The molecular formula is C13H16BrNO3. The summed E-state index contributed by atoms with van der Waals surface area (Å²) in [5.74, 6) is 1.21. The minimum Gasteiger partial charge on any atom is -0.454 e. The van der Waals surface area contributed by atoms with E-state index in [9.17, 15) is 4.79 Å². The van der Waals surface area contributed by atoms with E-state index in [0.717, 1.165) is 6.42 Å². The van der Waals surface area contributed by atoms with Crippen LogP contribution in [0.1, 0.15) is 30.6 Å². The van der Waals surface area contributed by atoms with Crippen molar-refractivity contribution in [3.63, 3.8) is 0 Å². The van der Waals surface area contributed by atoms with Crippen molar-refractivity contribution in [1.29, 1.82) is 0 Å². The van der Waals surface area contributed by atoms with Crippen molar-refractivity contribution in [1.82, 2.24) is 5.32 Å². The number of fused-ring (bicyclic) bond motifs is 1. The lowest BCUT2D eigenvalue weighted by atomic mass is 10.0. The molecule has 1 N–H and O–H groups in total. The Balaban J connectivity index is 2.14. The number of carbonyl (C=O) groups excluding carboxylic acids is 1. The summed E-state index contributed by atoms with van der Waals surface area (Å²) in [6, 6.07) is 5.21. The summed E-state index contributed by atoms with van der Waals surface area (Å²) in [7, 11) is 0. The van der Waals surface area contributed by atoms with E-state index in [-0.39, 0.29) is 18.2 Å². The number of halogens is 1. The number of alkyl halides is 1. The van der Waals surface area contributed by atoms with Crippen LogP contribution in [0.2, 0.25) is 0 Å². The third-order valence-electron chi connectivity index (χ3n) is 3.13. The van der Waals surface area contributed by atoms with E-state index in [1.807, 2.05) is 13.8 Å². The highest BCUT2D eigenvalue weighted by Crippen LogP contribution is 2.32. The molecule has 1 aliphatic heterocycles. The number of rotatable bonds is 4. The van der Waals surface area contributed by atoms with Gasteiger partial charge in [-0.3, -0.25) is 4.79 Å². The van der Waals surface area contributed by atoms with E-state index in [4.69, 9.17) is 9.47 Å². The van der Waals surface area contributed by atoms with Gasteiger partial charge in [0.05, 0.1) is 0 Å². The van der Waals surface area contributed by atoms with Crippen LogP contribution in [0.4, 0.5) is 0 Å². The van der Waals surface area contributed by atoms with Crippen LogP contribution in [0, 0.1) is 0 Å². The Morgan fingerprint density at radius 1 is 1.44 bits per heavy atom. The molecule has 5 heteroatoms. The summed E-state index contributed by atoms with van der Waals surface area (Å²) >= 11 is 3.42. The van der Waals surface area contributed by atoms with Gasteiger partial charge in [0.1, 0.15) is 0 Å². The molecule has 0 saturated heterocycles. The van der Waals surface area contributed by atoms with Gasteiger partial charge in [-0.1, -0.05) is 22.9 Å². The quantitative estimate of drug-likeness (QED) is 0.869. The van der Waals surface area contributed by atoms with Gasteiger partial charge in [0.25, 0.3) is 5.91 Å². The third-order valence-corrected chi connectivity index (χ3v) is 4.36. The van der Waals surface area contributed by atoms with Crippen molar-refractivity contribution < 1.29 is 14.3 Å². The molecule has 0 aromatic heterocycles. The zero-order valence-electron chi connectivity index (χ0n) is 10.5. The summed E-state index contributed by atoms with van der Waals surface area (Å²) in [6.45, 7) is 4.27. The number of benzene rings is 1. The van der Waals surface area contributed by atoms with Crippen LogP contribution in [-0.4, -0.2) is 23.6 Å². The Morgan fingerprint density at radius 3 is 2.83 bits per heavy atom. The number of carbonyl (C=O) groups is 1. The van der Waals surface area contributed by atoms with Gasteiger partial charge >= 0.3 is 0 Å². The summed E-state index contributed by atoms with van der Waals surface area (Å²) in [6.07, 6.45) is 0.856. The molecule has 1 unspecified atom stereocenters. The molecule has 2 rings (SSSR count). The van der Waals surface area contributed by atoms with Crippen LogP contribution in [0.25, 0.3) is 0 Å². The average molecular weight is 314 g/mol. The van der Waals surface area contributed by atoms with E-state index in [1.165, 1.54) is 0 Å². The van der Waals surface area contributed by atoms with E-state index >= 15 is 0 Å². The number of hydrogen-bond donors (Lipinski definition) is 1. The zero-order valence-corrected chi connectivity index (χ0v) is 12.0. The zero-order chi connectivity index (χ0) is 13.2. The van der Waals surface area contributed by atoms with E-state index < -0.39 is 0 Å². The molecule has 0 fully saturated rings. The Labute approximate surface area is 115 Å². The molecule has 0 radical (unpaired) electrons. The van der Waals surface area contributed by atoms with Crippen LogP contribution in [0.5, 0.6) is 11.5 Å². The van der Waals surface area contributed by atoms with Crippen molar-refractivity contribution in [2.75, 3.05) is 12.1 Å². The summed E-state index contributed by atoms with van der Waals surface area (Å²) in [5.41, 5.74) is 0.341. The molecule has 1 amide bonds. The van der Waals surface area contributed by atoms with Crippen molar-refractivity contribution in [3.05, 3.63) is 23.8 Å². The fourth-order valence-electron chi connectivity index (χ4n) is 1.60. The normalized spacial score (nSPS) is 16.2. The second-order valence-corrected chi connectivity index (χ2v) is 5.13. The molecular weight excluding hydrogens is 298 g/mol. The van der Waals surface area contributed by atoms with E-state index in [2.05, 4.69) is 21.2 Å². The molecule has 0 bridgehead atoms. The number of ether oxygens (including phenoxy) is 2. The molecule has 4 nitrogen and oxygen atoms in total. The minimum atomic E-state index is -0.243. The van der Waals surface area contributed by atoms with Gasteiger partial charge < -0.3 is 14.8 Å². The van der Waals surface area contributed by atoms with Crippen LogP contribution in [-0.2, 0) is 0 Å². The lowest BCUT2D eigenvalue weighted by molar-refractivity contribution is 0.0913. The molecule has 18 heavy (non-hydrogen) atoms. The summed E-state index contributed by atoms with van der Waals surface area (Å²) in [4.78, 5) is 12.1. The van der Waals surface area contributed by atoms with Crippen molar-refractivity contribution in [2.24, 2.45) is 0 Å². The molecule has 0 saturated carbocycles. The van der Waals surface area contributed by atoms with Crippen LogP contribution in [0.3, 0.4) is 0 Å². The Kier molecular flexibility index (Phi) is 3.80.